The molecule has 1 heterocycles. The van der Waals surface area contributed by atoms with Crippen LogP contribution in [0.4, 0.5) is 0 Å². The van der Waals surface area contributed by atoms with Gasteiger partial charge in [0.1, 0.15) is 5.75 Å². The second-order valence-corrected chi connectivity index (χ2v) is 6.59. The predicted octanol–water partition coefficient (Wildman–Crippen LogP) is 4.06. The lowest BCUT2D eigenvalue weighted by atomic mass is 10.1. The summed E-state index contributed by atoms with van der Waals surface area (Å²) in [5.74, 6) is 0.911. The Balaban J connectivity index is 2.10. The van der Waals surface area contributed by atoms with Crippen LogP contribution in [0.2, 0.25) is 0 Å². The van der Waals surface area contributed by atoms with E-state index in [1.165, 1.54) is 9.88 Å². The summed E-state index contributed by atoms with van der Waals surface area (Å²) in [5.41, 5.74) is 2.26. The predicted molar refractivity (Wildman–Crippen MR) is 90.3 cm³/mol. The number of aromatic nitrogens is 1. The molecule has 21 heavy (non-hydrogen) atoms. The van der Waals surface area contributed by atoms with E-state index in [2.05, 4.69) is 31.3 Å². The molecule has 1 aromatic heterocycles. The quantitative estimate of drug-likeness (QED) is 0.783. The number of thiazole rings is 1. The van der Waals surface area contributed by atoms with Gasteiger partial charge in [0.25, 0.3) is 0 Å². The summed E-state index contributed by atoms with van der Waals surface area (Å²) in [6.07, 6.45) is 1.20. The number of aryl methyl sites for hydroxylation is 1. The molecule has 1 N–H and O–H groups in total. The maximum absolute atomic E-state index is 5.68. The number of nitrogens with one attached hydrogen (secondary N) is 1. The molecule has 0 unspecified atom stereocenters. The van der Waals surface area contributed by atoms with Crippen molar-refractivity contribution in [3.8, 4) is 17.0 Å². The summed E-state index contributed by atoms with van der Waals surface area (Å²) in [6.45, 7) is 10.3. The molecule has 0 spiro atoms. The number of hydrogen-bond acceptors (Lipinski definition) is 4. The van der Waals surface area contributed by atoms with Gasteiger partial charge in [0.05, 0.1) is 16.8 Å². The van der Waals surface area contributed by atoms with Gasteiger partial charge >= 0.3 is 0 Å². The van der Waals surface area contributed by atoms with Crippen molar-refractivity contribution in [2.24, 2.45) is 0 Å². The normalized spacial score (nSPS) is 11.1. The molecule has 0 amide bonds. The van der Waals surface area contributed by atoms with Gasteiger partial charge in [-0.15, -0.1) is 11.3 Å². The second-order valence-electron chi connectivity index (χ2n) is 5.31. The minimum absolute atomic E-state index is 0.203. The molecule has 0 aliphatic carbocycles. The third-order valence-corrected chi connectivity index (χ3v) is 4.14. The van der Waals surface area contributed by atoms with Crippen molar-refractivity contribution in [1.82, 2.24) is 10.3 Å². The van der Waals surface area contributed by atoms with Gasteiger partial charge in [0.15, 0.2) is 0 Å². The number of nitrogens with zero attached hydrogens (tertiary/aromatic N) is 1. The third-order valence-electron chi connectivity index (χ3n) is 3.11. The topological polar surface area (TPSA) is 34.2 Å². The molecule has 0 saturated carbocycles. The van der Waals surface area contributed by atoms with Crippen LogP contribution in [0.5, 0.6) is 5.75 Å². The SMILES string of the molecule is CCNCCc1nc(-c2ccc(OC(C)C)cc2)c(C)s1. The Morgan fingerprint density at radius 2 is 1.95 bits per heavy atom. The molecule has 0 aliphatic rings. The van der Waals surface area contributed by atoms with Crippen molar-refractivity contribution in [1.29, 1.82) is 0 Å². The van der Waals surface area contributed by atoms with E-state index in [1.54, 1.807) is 11.3 Å². The largest absolute Gasteiger partial charge is 0.491 e. The molecule has 0 saturated heterocycles. The van der Waals surface area contributed by atoms with Crippen LogP contribution in [0.15, 0.2) is 24.3 Å². The fourth-order valence-electron chi connectivity index (χ4n) is 2.16. The number of benzene rings is 1. The molecule has 1 aromatic carbocycles. The van der Waals surface area contributed by atoms with E-state index in [0.29, 0.717) is 0 Å². The van der Waals surface area contributed by atoms with Crippen LogP contribution in [0.3, 0.4) is 0 Å². The average Bonchev–Trinajstić information content (AvgIpc) is 2.80. The van der Waals surface area contributed by atoms with Crippen LogP contribution in [-0.2, 0) is 6.42 Å². The van der Waals surface area contributed by atoms with E-state index in [1.807, 2.05) is 26.0 Å². The van der Waals surface area contributed by atoms with Crippen LogP contribution < -0.4 is 10.1 Å². The van der Waals surface area contributed by atoms with Crippen LogP contribution >= 0.6 is 11.3 Å². The average molecular weight is 304 g/mol. The maximum Gasteiger partial charge on any atom is 0.119 e. The number of rotatable bonds is 7. The van der Waals surface area contributed by atoms with Crippen LogP contribution in [0.25, 0.3) is 11.3 Å². The molecule has 0 fully saturated rings. The van der Waals surface area contributed by atoms with Crippen LogP contribution in [0.1, 0.15) is 30.7 Å². The summed E-state index contributed by atoms with van der Waals surface area (Å²) in [5, 5.41) is 4.54. The van der Waals surface area contributed by atoms with E-state index in [4.69, 9.17) is 9.72 Å². The zero-order chi connectivity index (χ0) is 15.2. The first kappa shape index (κ1) is 16.0. The Labute approximate surface area is 131 Å². The van der Waals surface area contributed by atoms with Crippen molar-refractivity contribution in [2.75, 3.05) is 13.1 Å². The first-order valence-corrected chi connectivity index (χ1v) is 8.36. The van der Waals surface area contributed by atoms with Gasteiger partial charge in [-0.1, -0.05) is 6.92 Å². The lowest BCUT2D eigenvalue weighted by Crippen LogP contribution is -2.15. The van der Waals surface area contributed by atoms with Gasteiger partial charge in [-0.05, 0) is 51.6 Å². The van der Waals surface area contributed by atoms with E-state index >= 15 is 0 Å². The smallest absolute Gasteiger partial charge is 0.119 e. The molecule has 0 atom stereocenters. The highest BCUT2D eigenvalue weighted by Gasteiger charge is 2.10. The third kappa shape index (κ3) is 4.55. The van der Waals surface area contributed by atoms with Crippen molar-refractivity contribution in [3.05, 3.63) is 34.2 Å². The van der Waals surface area contributed by atoms with E-state index in [-0.39, 0.29) is 6.10 Å². The highest BCUT2D eigenvalue weighted by Crippen LogP contribution is 2.29. The molecule has 114 valence electrons. The van der Waals surface area contributed by atoms with Gasteiger partial charge in [0.2, 0.25) is 0 Å². The van der Waals surface area contributed by atoms with Crippen molar-refractivity contribution in [3.63, 3.8) is 0 Å². The molecule has 0 radical (unpaired) electrons. The van der Waals surface area contributed by atoms with Crippen LogP contribution in [0, 0.1) is 6.92 Å². The molecule has 4 heteroatoms. The first-order chi connectivity index (χ1) is 10.1. The molecule has 0 aliphatic heterocycles. The number of hydrogen-bond donors (Lipinski definition) is 1. The molecule has 3 nitrogen and oxygen atoms in total. The molecular formula is C17H24N2OS. The van der Waals surface area contributed by atoms with E-state index < -0.39 is 0 Å². The van der Waals surface area contributed by atoms with Crippen molar-refractivity contribution >= 4 is 11.3 Å². The van der Waals surface area contributed by atoms with Crippen LogP contribution in [-0.4, -0.2) is 24.2 Å². The van der Waals surface area contributed by atoms with Gasteiger partial charge in [-0.2, -0.15) is 0 Å². The summed E-state index contributed by atoms with van der Waals surface area (Å²) in [4.78, 5) is 6.06. The number of likely N-dealkylation sites (N-methyl/N-ethyl adjacent to an activating group) is 1. The molecular weight excluding hydrogens is 280 g/mol. The summed E-state index contributed by atoms with van der Waals surface area (Å²) >= 11 is 1.79. The van der Waals surface area contributed by atoms with E-state index in [0.717, 1.165) is 36.5 Å². The fourth-order valence-corrected chi connectivity index (χ4v) is 3.12. The Kier molecular flexibility index (Phi) is 5.76. The van der Waals surface area contributed by atoms with Gasteiger partial charge < -0.3 is 10.1 Å². The van der Waals surface area contributed by atoms with Gasteiger partial charge in [-0.3, -0.25) is 0 Å². The zero-order valence-corrected chi connectivity index (χ0v) is 14.1. The Bertz CT molecular complexity index is 561. The minimum atomic E-state index is 0.203. The Morgan fingerprint density at radius 1 is 1.24 bits per heavy atom. The number of ether oxygens (including phenoxy) is 1. The van der Waals surface area contributed by atoms with Crippen molar-refractivity contribution < 1.29 is 4.74 Å². The lowest BCUT2D eigenvalue weighted by Gasteiger charge is -2.09. The Hall–Kier alpha value is -1.39. The molecule has 2 aromatic rings. The summed E-state index contributed by atoms with van der Waals surface area (Å²) in [7, 11) is 0. The monoisotopic (exact) mass is 304 g/mol. The standard InChI is InChI=1S/C17H24N2OS/c1-5-18-11-10-16-19-17(13(4)21-16)14-6-8-15(9-7-14)20-12(2)3/h6-9,12,18H,5,10-11H2,1-4H3. The zero-order valence-electron chi connectivity index (χ0n) is 13.3. The Morgan fingerprint density at radius 3 is 2.57 bits per heavy atom. The molecule has 2 rings (SSSR count). The summed E-state index contributed by atoms with van der Waals surface area (Å²) in [6, 6.07) is 8.22. The molecule has 0 bridgehead atoms. The van der Waals surface area contributed by atoms with E-state index in [9.17, 15) is 0 Å². The van der Waals surface area contributed by atoms with Gasteiger partial charge in [0, 0.05) is 23.4 Å². The fraction of sp³-hybridized carbons (Fsp3) is 0.471. The second kappa shape index (κ2) is 7.57. The highest BCUT2D eigenvalue weighted by molar-refractivity contribution is 7.12. The highest BCUT2D eigenvalue weighted by atomic mass is 32.1. The first-order valence-electron chi connectivity index (χ1n) is 7.54. The van der Waals surface area contributed by atoms with Crippen molar-refractivity contribution in [2.45, 2.75) is 40.2 Å². The maximum atomic E-state index is 5.68. The summed E-state index contributed by atoms with van der Waals surface area (Å²) < 4.78 is 5.68. The minimum Gasteiger partial charge on any atom is -0.491 e. The van der Waals surface area contributed by atoms with Gasteiger partial charge in [-0.25, -0.2) is 4.98 Å². The lowest BCUT2D eigenvalue weighted by molar-refractivity contribution is 0.242.